The van der Waals surface area contributed by atoms with Crippen LogP contribution < -0.4 is 10.0 Å². The summed E-state index contributed by atoms with van der Waals surface area (Å²) in [6.07, 6.45) is 4.85. The van der Waals surface area contributed by atoms with E-state index in [1.54, 1.807) is 24.5 Å². The van der Waals surface area contributed by atoms with Gasteiger partial charge in [0.25, 0.3) is 0 Å². The summed E-state index contributed by atoms with van der Waals surface area (Å²) in [5.74, 6) is -1.23. The van der Waals surface area contributed by atoms with Crippen LogP contribution in [-0.4, -0.2) is 31.9 Å². The lowest BCUT2D eigenvalue weighted by Crippen LogP contribution is -2.40. The second-order valence-electron chi connectivity index (χ2n) is 8.05. The third-order valence-corrected chi connectivity index (χ3v) is 6.19. The van der Waals surface area contributed by atoms with Crippen LogP contribution in [0.2, 0.25) is 0 Å². The molecule has 0 aliphatic heterocycles. The van der Waals surface area contributed by atoms with Gasteiger partial charge in [0.1, 0.15) is 0 Å². The van der Waals surface area contributed by atoms with E-state index in [2.05, 4.69) is 15.0 Å². The van der Waals surface area contributed by atoms with Gasteiger partial charge in [0.05, 0.1) is 5.92 Å². The zero-order valence-electron chi connectivity index (χ0n) is 18.8. The SMILES string of the molecule is CC(C)NC(=O)C(c1cccnc1)C(CNS(=O)(=O)/C=C/c1ccccc1)c1ccccc1. The Morgan fingerprint density at radius 3 is 2.18 bits per heavy atom. The van der Waals surface area contributed by atoms with Crippen LogP contribution in [0.1, 0.15) is 42.4 Å². The van der Waals surface area contributed by atoms with Gasteiger partial charge in [-0.2, -0.15) is 0 Å². The molecule has 2 unspecified atom stereocenters. The van der Waals surface area contributed by atoms with Gasteiger partial charge < -0.3 is 5.32 Å². The van der Waals surface area contributed by atoms with Crippen molar-refractivity contribution in [2.24, 2.45) is 0 Å². The highest BCUT2D eigenvalue weighted by Crippen LogP contribution is 2.33. The Kier molecular flexibility index (Phi) is 8.52. The molecule has 6 nitrogen and oxygen atoms in total. The van der Waals surface area contributed by atoms with Gasteiger partial charge in [-0.1, -0.05) is 66.7 Å². The number of benzene rings is 2. The molecule has 0 bridgehead atoms. The molecule has 2 aromatic carbocycles. The lowest BCUT2D eigenvalue weighted by Gasteiger charge is -2.28. The summed E-state index contributed by atoms with van der Waals surface area (Å²) >= 11 is 0. The molecule has 0 saturated heterocycles. The molecule has 172 valence electrons. The summed E-state index contributed by atoms with van der Waals surface area (Å²) in [6.45, 7) is 3.84. The fraction of sp³-hybridized carbons (Fsp3) is 0.231. The number of carbonyl (C=O) groups excluding carboxylic acids is 1. The van der Waals surface area contributed by atoms with Crippen LogP contribution >= 0.6 is 0 Å². The summed E-state index contributed by atoms with van der Waals surface area (Å²) in [5.41, 5.74) is 2.37. The molecular weight excluding hydrogens is 434 g/mol. The fourth-order valence-electron chi connectivity index (χ4n) is 3.62. The Morgan fingerprint density at radius 2 is 1.58 bits per heavy atom. The normalized spacial score (nSPS) is 13.7. The second kappa shape index (κ2) is 11.5. The van der Waals surface area contributed by atoms with Crippen molar-refractivity contribution in [3.63, 3.8) is 0 Å². The van der Waals surface area contributed by atoms with Crippen LogP contribution in [-0.2, 0) is 14.8 Å². The van der Waals surface area contributed by atoms with Crippen molar-refractivity contribution >= 4 is 22.0 Å². The zero-order chi connectivity index (χ0) is 23.7. The number of pyridine rings is 1. The number of nitrogens with one attached hydrogen (secondary N) is 2. The highest BCUT2D eigenvalue weighted by atomic mass is 32.2. The molecule has 0 spiro atoms. The average molecular weight is 464 g/mol. The van der Waals surface area contributed by atoms with Crippen LogP contribution in [0.5, 0.6) is 0 Å². The van der Waals surface area contributed by atoms with Crippen molar-refractivity contribution in [3.8, 4) is 0 Å². The maximum Gasteiger partial charge on any atom is 0.233 e. The predicted octanol–water partition coefficient (Wildman–Crippen LogP) is 4.06. The fourth-order valence-corrected chi connectivity index (χ4v) is 4.46. The molecule has 0 saturated carbocycles. The van der Waals surface area contributed by atoms with Gasteiger partial charge in [-0.3, -0.25) is 9.78 Å². The molecule has 2 N–H and O–H groups in total. The van der Waals surface area contributed by atoms with Gasteiger partial charge in [0.2, 0.25) is 15.9 Å². The van der Waals surface area contributed by atoms with Crippen molar-refractivity contribution in [1.82, 2.24) is 15.0 Å². The Bertz CT molecular complexity index is 1150. The largest absolute Gasteiger partial charge is 0.353 e. The average Bonchev–Trinajstić information content (AvgIpc) is 2.82. The molecule has 33 heavy (non-hydrogen) atoms. The number of aromatic nitrogens is 1. The number of carbonyl (C=O) groups is 1. The Hall–Kier alpha value is -3.29. The molecule has 1 amide bonds. The first-order chi connectivity index (χ1) is 15.9. The summed E-state index contributed by atoms with van der Waals surface area (Å²) in [6, 6.07) is 22.2. The number of nitrogens with zero attached hydrogens (tertiary/aromatic N) is 1. The minimum Gasteiger partial charge on any atom is -0.353 e. The van der Waals surface area contributed by atoms with Crippen molar-refractivity contribution in [2.75, 3.05) is 6.54 Å². The molecule has 7 heteroatoms. The van der Waals surface area contributed by atoms with Crippen LogP contribution in [0.15, 0.2) is 90.6 Å². The summed E-state index contributed by atoms with van der Waals surface area (Å²) in [4.78, 5) is 17.5. The highest BCUT2D eigenvalue weighted by Gasteiger charge is 2.32. The van der Waals surface area contributed by atoms with Gasteiger partial charge >= 0.3 is 0 Å². The van der Waals surface area contributed by atoms with Crippen LogP contribution in [0.25, 0.3) is 6.08 Å². The lowest BCUT2D eigenvalue weighted by molar-refractivity contribution is -0.123. The summed E-state index contributed by atoms with van der Waals surface area (Å²) in [5, 5.41) is 4.13. The highest BCUT2D eigenvalue weighted by molar-refractivity contribution is 7.92. The van der Waals surface area contributed by atoms with E-state index in [4.69, 9.17) is 0 Å². The van der Waals surface area contributed by atoms with Crippen molar-refractivity contribution in [2.45, 2.75) is 31.7 Å². The molecule has 2 atom stereocenters. The molecule has 3 aromatic rings. The third-order valence-electron chi connectivity index (χ3n) is 5.13. The first kappa shape index (κ1) is 24.4. The first-order valence-corrected chi connectivity index (χ1v) is 12.4. The van der Waals surface area contributed by atoms with Crippen LogP contribution in [0, 0.1) is 0 Å². The number of amides is 1. The van der Waals surface area contributed by atoms with Gasteiger partial charge in [-0.05, 0) is 42.7 Å². The molecule has 0 aliphatic carbocycles. The zero-order valence-corrected chi connectivity index (χ0v) is 19.6. The van der Waals surface area contributed by atoms with Crippen molar-refractivity contribution in [1.29, 1.82) is 0 Å². The van der Waals surface area contributed by atoms with E-state index in [1.807, 2.05) is 80.6 Å². The second-order valence-corrected chi connectivity index (χ2v) is 9.70. The maximum absolute atomic E-state index is 13.3. The van der Waals surface area contributed by atoms with Gasteiger partial charge in [0, 0.05) is 36.3 Å². The molecule has 0 aliphatic rings. The minimum atomic E-state index is -3.73. The predicted molar refractivity (Wildman–Crippen MR) is 132 cm³/mol. The molecule has 0 fully saturated rings. The quantitative estimate of drug-likeness (QED) is 0.475. The number of sulfonamides is 1. The van der Waals surface area contributed by atoms with Crippen molar-refractivity contribution in [3.05, 3.63) is 107 Å². The Balaban J connectivity index is 1.91. The topological polar surface area (TPSA) is 88.2 Å². The molecule has 1 heterocycles. The minimum absolute atomic E-state index is 0.0521. The smallest absolute Gasteiger partial charge is 0.233 e. The summed E-state index contributed by atoms with van der Waals surface area (Å²) < 4.78 is 28.1. The number of hydrogen-bond acceptors (Lipinski definition) is 4. The Labute approximate surface area is 195 Å². The Morgan fingerprint density at radius 1 is 0.939 bits per heavy atom. The number of rotatable bonds is 10. The molecule has 3 rings (SSSR count). The first-order valence-electron chi connectivity index (χ1n) is 10.8. The van der Waals surface area contributed by atoms with E-state index in [9.17, 15) is 13.2 Å². The van der Waals surface area contributed by atoms with E-state index in [0.29, 0.717) is 0 Å². The molecule has 1 aromatic heterocycles. The maximum atomic E-state index is 13.3. The van der Waals surface area contributed by atoms with Crippen LogP contribution in [0.4, 0.5) is 0 Å². The standard InChI is InChI=1S/C26H29N3O3S/c1-20(2)29-26(30)25(23-14-9-16-27-18-23)24(22-12-7-4-8-13-22)19-28-33(31,32)17-15-21-10-5-3-6-11-21/h3-18,20,24-25,28H,19H2,1-2H3,(H,29,30)/b17-15+. The van der Waals surface area contributed by atoms with E-state index in [-0.39, 0.29) is 18.5 Å². The van der Waals surface area contributed by atoms with E-state index < -0.39 is 21.9 Å². The van der Waals surface area contributed by atoms with Crippen molar-refractivity contribution < 1.29 is 13.2 Å². The van der Waals surface area contributed by atoms with E-state index in [0.717, 1.165) is 22.1 Å². The van der Waals surface area contributed by atoms with Gasteiger partial charge in [0.15, 0.2) is 0 Å². The van der Waals surface area contributed by atoms with Gasteiger partial charge in [-0.25, -0.2) is 13.1 Å². The third kappa shape index (κ3) is 7.37. The monoisotopic (exact) mass is 463 g/mol. The molecule has 0 radical (unpaired) electrons. The molecular formula is C26H29N3O3S. The van der Waals surface area contributed by atoms with E-state index in [1.165, 1.54) is 0 Å². The van der Waals surface area contributed by atoms with E-state index >= 15 is 0 Å². The lowest BCUT2D eigenvalue weighted by atomic mass is 9.81. The number of hydrogen-bond donors (Lipinski definition) is 2. The van der Waals surface area contributed by atoms with Crippen LogP contribution in [0.3, 0.4) is 0 Å². The van der Waals surface area contributed by atoms with Gasteiger partial charge in [-0.15, -0.1) is 0 Å². The summed E-state index contributed by atoms with van der Waals surface area (Å²) in [7, 11) is -3.73.